The van der Waals surface area contributed by atoms with Gasteiger partial charge in [-0.25, -0.2) is 0 Å². The van der Waals surface area contributed by atoms with E-state index in [9.17, 15) is 0 Å². The Morgan fingerprint density at radius 2 is 0.789 bits per heavy atom. The zero-order valence-electron chi connectivity index (χ0n) is 56.4. The van der Waals surface area contributed by atoms with Crippen LogP contribution >= 0.6 is 0 Å². The van der Waals surface area contributed by atoms with E-state index in [-0.39, 0.29) is 40.2 Å². The van der Waals surface area contributed by atoms with Gasteiger partial charge in [-0.2, -0.15) is 0 Å². The molecule has 0 aliphatic heterocycles. The van der Waals surface area contributed by atoms with Gasteiger partial charge >= 0.3 is 0 Å². The summed E-state index contributed by atoms with van der Waals surface area (Å²) >= 11 is 0. The SMILES string of the molecule is CCCCCCc1c([Si](C)(C)C)cnc(-c2[c-]cc(-c3ccccc3)cc2)c1C.CCCCCc1cc(-c2[c-]cc(-c3ccccc3)cc2)ncc1[Si](C)(C)C.C[Si](C)(C)c1ccc(-c2[c-]cccc2)nc1.C[Si](C)(C)c1ccc(-c2[c-]cccc2)nc1.[Ir].[Ir]. The summed E-state index contributed by atoms with van der Waals surface area (Å²) < 4.78 is 0. The maximum absolute atomic E-state index is 4.93. The first-order valence-corrected chi connectivity index (χ1v) is 46.1. The van der Waals surface area contributed by atoms with Crippen LogP contribution in [-0.2, 0) is 53.1 Å². The van der Waals surface area contributed by atoms with Crippen molar-refractivity contribution in [1.29, 1.82) is 0 Å². The molecule has 10 rings (SSSR count). The van der Waals surface area contributed by atoms with E-state index in [0.717, 1.165) is 51.5 Å². The van der Waals surface area contributed by atoms with E-state index in [1.54, 1.807) is 5.56 Å². The molecular weight excluding hydrogens is 1510 g/mol. The molecule has 10 heteroatoms. The predicted molar refractivity (Wildman–Crippen MR) is 393 cm³/mol. The fourth-order valence-electron chi connectivity index (χ4n) is 10.6. The minimum Gasteiger partial charge on any atom is -0.305 e. The number of unbranched alkanes of at least 4 members (excludes halogenated alkanes) is 5. The van der Waals surface area contributed by atoms with Crippen molar-refractivity contribution in [2.75, 3.05) is 0 Å². The first-order chi connectivity index (χ1) is 42.0. The van der Waals surface area contributed by atoms with Gasteiger partial charge in [-0.3, -0.25) is 0 Å². The van der Waals surface area contributed by atoms with E-state index >= 15 is 0 Å². The summed E-state index contributed by atoms with van der Waals surface area (Å²) in [6, 6.07) is 74.0. The van der Waals surface area contributed by atoms with Gasteiger partial charge in [0.1, 0.15) is 0 Å². The van der Waals surface area contributed by atoms with Crippen molar-refractivity contribution >= 4 is 53.0 Å². The Balaban J connectivity index is 0.000000224. The molecule has 0 fully saturated rings. The van der Waals surface area contributed by atoms with Crippen molar-refractivity contribution in [2.45, 2.75) is 157 Å². The van der Waals surface area contributed by atoms with E-state index < -0.39 is 32.3 Å². The molecule has 0 amide bonds. The van der Waals surface area contributed by atoms with Crippen LogP contribution in [0.1, 0.15) is 75.5 Å². The van der Waals surface area contributed by atoms with Crippen molar-refractivity contribution in [3.8, 4) is 67.3 Å². The Morgan fingerprint density at radius 3 is 1.20 bits per heavy atom. The minimum atomic E-state index is -1.43. The maximum Gasteiger partial charge on any atom is 0.0799 e. The summed E-state index contributed by atoms with van der Waals surface area (Å²) in [6.07, 6.45) is 19.7. The van der Waals surface area contributed by atoms with Crippen LogP contribution in [0.3, 0.4) is 0 Å². The van der Waals surface area contributed by atoms with Crippen molar-refractivity contribution in [2.24, 2.45) is 0 Å². The third-order valence-corrected chi connectivity index (χ3v) is 24.2. The Bertz CT molecular complexity index is 3580. The zero-order valence-corrected chi connectivity index (χ0v) is 65.2. The van der Waals surface area contributed by atoms with E-state index in [4.69, 9.17) is 9.97 Å². The van der Waals surface area contributed by atoms with E-state index in [1.807, 2.05) is 67.0 Å². The van der Waals surface area contributed by atoms with E-state index in [1.165, 1.54) is 105 Å². The van der Waals surface area contributed by atoms with Crippen LogP contribution in [0.4, 0.5) is 0 Å². The fraction of sp³-hybridized carbons (Fsp3) is 0.300. The van der Waals surface area contributed by atoms with Crippen molar-refractivity contribution < 1.29 is 40.2 Å². The van der Waals surface area contributed by atoms with Gasteiger partial charge in [0.05, 0.1) is 32.3 Å². The number of benzene rings is 6. The molecule has 0 N–H and O–H groups in total. The number of aryl methyl sites for hydroxylation is 1. The molecule has 4 aromatic heterocycles. The summed E-state index contributed by atoms with van der Waals surface area (Å²) in [5.74, 6) is 0. The summed E-state index contributed by atoms with van der Waals surface area (Å²) in [7, 11) is -5.27. The average molecular weight is 1610 g/mol. The van der Waals surface area contributed by atoms with Crippen molar-refractivity contribution in [3.05, 3.63) is 242 Å². The first-order valence-electron chi connectivity index (χ1n) is 32.1. The molecule has 0 saturated heterocycles. The molecule has 10 aromatic rings. The van der Waals surface area contributed by atoms with Gasteiger partial charge < -0.3 is 19.9 Å². The fourth-order valence-corrected chi connectivity index (χ4v) is 15.9. The molecule has 474 valence electrons. The molecular formula is C80H96Ir2N4Si4-4. The first kappa shape index (κ1) is 74.8. The standard InChI is InChI=1S/C27H34NSi.C25H30NSi.2C14H16NSi.2Ir/c1-6-7-8-12-15-25-21(2)27(28-20-26(25)29(3,4)5)24-18-16-23(17-19-24)22-13-10-9-11-14-22;1-5-6-8-13-23-18-24(26-19-25(23)27(2,3)4)22-16-14-21(15-17-22)20-11-9-7-10-12-20;2*1-16(2,3)13-9-10-14(15-11-13)12-7-5-4-6-8-12;;/h9-11,13-14,16-18,20H,6-8,12,15H2,1-5H3;7,9-12,14-16,18-19H,5-6,8,13H2,1-4H3;2*4-7,9-11H,1-3H3;;/q4*-1;;. The molecule has 0 aliphatic carbocycles. The Kier molecular flexibility index (Phi) is 29.7. The second-order valence-corrected chi connectivity index (χ2v) is 47.5. The van der Waals surface area contributed by atoms with Crippen molar-refractivity contribution in [1.82, 2.24) is 19.9 Å². The van der Waals surface area contributed by atoms with Gasteiger partial charge in [-0.15, -0.1) is 131 Å². The summed E-state index contributed by atoms with van der Waals surface area (Å²) in [5.41, 5.74) is 17.7. The smallest absolute Gasteiger partial charge is 0.0799 e. The Morgan fingerprint density at radius 1 is 0.356 bits per heavy atom. The van der Waals surface area contributed by atoms with Crippen LogP contribution in [0.5, 0.6) is 0 Å². The molecule has 0 unspecified atom stereocenters. The van der Waals surface area contributed by atoms with Gasteiger partial charge in [0.15, 0.2) is 0 Å². The minimum absolute atomic E-state index is 0. The molecule has 2 radical (unpaired) electrons. The summed E-state index contributed by atoms with van der Waals surface area (Å²) in [6.45, 7) is 35.3. The molecule has 0 bridgehead atoms. The molecule has 0 saturated carbocycles. The maximum atomic E-state index is 4.93. The van der Waals surface area contributed by atoms with Gasteiger partial charge in [-0.1, -0.05) is 254 Å². The normalized spacial score (nSPS) is 11.3. The van der Waals surface area contributed by atoms with Crippen LogP contribution in [0.25, 0.3) is 67.3 Å². The van der Waals surface area contributed by atoms with Crippen LogP contribution in [-0.4, -0.2) is 52.2 Å². The molecule has 4 nitrogen and oxygen atoms in total. The topological polar surface area (TPSA) is 51.6 Å². The molecule has 0 spiro atoms. The number of aromatic nitrogens is 4. The molecule has 6 aromatic carbocycles. The summed E-state index contributed by atoms with van der Waals surface area (Å²) in [4.78, 5) is 18.8. The van der Waals surface area contributed by atoms with Crippen LogP contribution in [0.2, 0.25) is 78.6 Å². The van der Waals surface area contributed by atoms with Gasteiger partial charge in [-0.05, 0) is 76.1 Å². The monoisotopic (exact) mass is 1610 g/mol. The largest absolute Gasteiger partial charge is 0.305 e. The molecule has 4 heterocycles. The van der Waals surface area contributed by atoms with Crippen LogP contribution < -0.4 is 20.7 Å². The summed E-state index contributed by atoms with van der Waals surface area (Å²) in [5, 5.41) is 5.82. The van der Waals surface area contributed by atoms with Gasteiger partial charge in [0.2, 0.25) is 0 Å². The number of nitrogens with zero attached hydrogens (tertiary/aromatic N) is 4. The van der Waals surface area contributed by atoms with Gasteiger partial charge in [0.25, 0.3) is 0 Å². The Hall–Kier alpha value is -5.91. The van der Waals surface area contributed by atoms with Gasteiger partial charge in [0, 0.05) is 65.0 Å². The van der Waals surface area contributed by atoms with Crippen LogP contribution in [0, 0.1) is 31.2 Å². The average Bonchev–Trinajstić information content (AvgIpc) is 1.62. The van der Waals surface area contributed by atoms with Crippen molar-refractivity contribution in [3.63, 3.8) is 0 Å². The van der Waals surface area contributed by atoms with Crippen LogP contribution in [0.15, 0.2) is 201 Å². The molecule has 90 heavy (non-hydrogen) atoms. The number of rotatable bonds is 19. The molecule has 0 atom stereocenters. The number of hydrogen-bond donors (Lipinski definition) is 0. The zero-order chi connectivity index (χ0) is 63.3. The molecule has 0 aliphatic rings. The number of pyridine rings is 4. The quantitative estimate of drug-likeness (QED) is 0.0460. The second-order valence-electron chi connectivity index (χ2n) is 27.2. The number of hydrogen-bond acceptors (Lipinski definition) is 4. The Labute approximate surface area is 574 Å². The third kappa shape index (κ3) is 22.4. The van der Waals surface area contributed by atoms with E-state index in [0.29, 0.717) is 0 Å². The third-order valence-electron chi connectivity index (χ3n) is 16.0. The van der Waals surface area contributed by atoms with E-state index in [2.05, 4.69) is 267 Å². The second kappa shape index (κ2) is 35.8. The predicted octanol–water partition coefficient (Wildman–Crippen LogP) is 19.9.